The number of nitrogens with zero attached hydrogens (tertiary/aromatic N) is 2. The van der Waals surface area contributed by atoms with Crippen LogP contribution in [0.4, 0.5) is 0 Å². The molecule has 1 amide bonds. The zero-order valence-electron chi connectivity index (χ0n) is 9.07. The Labute approximate surface area is 97.2 Å². The van der Waals surface area contributed by atoms with Crippen LogP contribution in [0.2, 0.25) is 0 Å². The summed E-state index contributed by atoms with van der Waals surface area (Å²) in [7, 11) is 0. The summed E-state index contributed by atoms with van der Waals surface area (Å²) in [6.45, 7) is 0.428. The molecule has 1 aromatic rings. The molecule has 17 heavy (non-hydrogen) atoms. The minimum Gasteiger partial charge on any atom is -0.479 e. The van der Waals surface area contributed by atoms with Crippen LogP contribution < -0.4 is 5.73 Å². The van der Waals surface area contributed by atoms with Gasteiger partial charge in [-0.3, -0.25) is 9.48 Å². The molecule has 1 fully saturated rings. The number of aliphatic carboxylic acids is 1. The molecule has 7 nitrogen and oxygen atoms in total. The van der Waals surface area contributed by atoms with Gasteiger partial charge in [-0.25, -0.2) is 4.79 Å². The second kappa shape index (κ2) is 4.54. The van der Waals surface area contributed by atoms with E-state index in [1.54, 1.807) is 6.20 Å². The van der Waals surface area contributed by atoms with E-state index in [9.17, 15) is 9.59 Å². The number of nitrogens with two attached hydrogens (primary N) is 1. The Morgan fingerprint density at radius 1 is 1.59 bits per heavy atom. The molecular formula is C10H13N3O4. The fourth-order valence-corrected chi connectivity index (χ4v) is 1.83. The minimum absolute atomic E-state index is 0.184. The Bertz CT molecular complexity index is 443. The van der Waals surface area contributed by atoms with Crippen molar-refractivity contribution in [1.29, 1.82) is 0 Å². The van der Waals surface area contributed by atoms with E-state index in [2.05, 4.69) is 5.10 Å². The summed E-state index contributed by atoms with van der Waals surface area (Å²) in [6.07, 6.45) is 1.88. The Morgan fingerprint density at radius 3 is 2.88 bits per heavy atom. The Morgan fingerprint density at radius 2 is 2.35 bits per heavy atom. The SMILES string of the molecule is NC(=O)c1ccn(CC2CCC(C(=O)O)O2)n1. The number of carbonyl (C=O) groups is 2. The van der Waals surface area contributed by atoms with Crippen LogP contribution in [-0.2, 0) is 16.1 Å². The molecule has 3 N–H and O–H groups in total. The quantitative estimate of drug-likeness (QED) is 0.744. The lowest BCUT2D eigenvalue weighted by molar-refractivity contribution is -0.149. The summed E-state index contributed by atoms with van der Waals surface area (Å²) in [5, 5.41) is 12.7. The largest absolute Gasteiger partial charge is 0.479 e. The highest BCUT2D eigenvalue weighted by molar-refractivity contribution is 5.90. The molecule has 2 rings (SSSR count). The summed E-state index contributed by atoms with van der Waals surface area (Å²) in [4.78, 5) is 21.5. The van der Waals surface area contributed by atoms with Crippen LogP contribution in [0.15, 0.2) is 12.3 Å². The summed E-state index contributed by atoms with van der Waals surface area (Å²) in [5.74, 6) is -1.52. The number of primary amides is 1. The van der Waals surface area contributed by atoms with Crippen molar-refractivity contribution in [3.8, 4) is 0 Å². The molecular weight excluding hydrogens is 226 g/mol. The van der Waals surface area contributed by atoms with Gasteiger partial charge in [-0.15, -0.1) is 0 Å². The van der Waals surface area contributed by atoms with Crippen molar-refractivity contribution in [2.45, 2.75) is 31.6 Å². The summed E-state index contributed by atoms with van der Waals surface area (Å²) in [5.41, 5.74) is 5.27. The second-order valence-corrected chi connectivity index (χ2v) is 3.95. The van der Waals surface area contributed by atoms with E-state index in [-0.39, 0.29) is 11.8 Å². The van der Waals surface area contributed by atoms with E-state index in [1.807, 2.05) is 0 Å². The lowest BCUT2D eigenvalue weighted by Crippen LogP contribution is -2.23. The van der Waals surface area contributed by atoms with Crippen molar-refractivity contribution in [2.24, 2.45) is 5.73 Å². The lowest BCUT2D eigenvalue weighted by atomic mass is 10.2. The predicted molar refractivity (Wildman–Crippen MR) is 56.3 cm³/mol. The lowest BCUT2D eigenvalue weighted by Gasteiger charge is -2.10. The number of carboxylic acid groups (broad SMARTS) is 1. The van der Waals surface area contributed by atoms with Gasteiger partial charge in [0, 0.05) is 6.20 Å². The number of carboxylic acids is 1. The molecule has 1 aliphatic heterocycles. The number of hydrogen-bond acceptors (Lipinski definition) is 4. The number of rotatable bonds is 4. The summed E-state index contributed by atoms with van der Waals surface area (Å²) < 4.78 is 6.86. The van der Waals surface area contributed by atoms with Crippen molar-refractivity contribution < 1.29 is 19.4 Å². The molecule has 2 heterocycles. The first-order valence-electron chi connectivity index (χ1n) is 5.28. The van der Waals surface area contributed by atoms with Crippen molar-refractivity contribution in [1.82, 2.24) is 9.78 Å². The Balaban J connectivity index is 1.93. The van der Waals surface area contributed by atoms with Crippen LogP contribution in [-0.4, -0.2) is 39.0 Å². The van der Waals surface area contributed by atoms with E-state index >= 15 is 0 Å². The van der Waals surface area contributed by atoms with Crippen LogP contribution in [0.1, 0.15) is 23.3 Å². The zero-order valence-corrected chi connectivity index (χ0v) is 9.07. The highest BCUT2D eigenvalue weighted by atomic mass is 16.5. The molecule has 1 aromatic heterocycles. The monoisotopic (exact) mass is 239 g/mol. The third-order valence-corrected chi connectivity index (χ3v) is 2.67. The maximum atomic E-state index is 10.8. The van der Waals surface area contributed by atoms with Crippen molar-refractivity contribution in [3.63, 3.8) is 0 Å². The molecule has 0 radical (unpaired) electrons. The summed E-state index contributed by atoms with van der Waals surface area (Å²) in [6, 6.07) is 1.52. The van der Waals surface area contributed by atoms with Gasteiger partial charge >= 0.3 is 5.97 Å². The molecule has 1 aliphatic rings. The number of ether oxygens (including phenoxy) is 1. The molecule has 1 saturated heterocycles. The second-order valence-electron chi connectivity index (χ2n) is 3.95. The molecule has 2 unspecified atom stereocenters. The van der Waals surface area contributed by atoms with Gasteiger partial charge in [0.05, 0.1) is 12.6 Å². The fraction of sp³-hybridized carbons (Fsp3) is 0.500. The maximum absolute atomic E-state index is 10.8. The molecule has 0 aliphatic carbocycles. The minimum atomic E-state index is -0.939. The molecule has 92 valence electrons. The highest BCUT2D eigenvalue weighted by Gasteiger charge is 2.30. The van der Waals surface area contributed by atoms with Gasteiger partial charge in [-0.05, 0) is 18.9 Å². The van der Waals surface area contributed by atoms with Gasteiger partial charge in [0.2, 0.25) is 0 Å². The Hall–Kier alpha value is -1.89. The first-order valence-corrected chi connectivity index (χ1v) is 5.28. The van der Waals surface area contributed by atoms with E-state index in [0.717, 1.165) is 0 Å². The number of aromatic nitrogens is 2. The van der Waals surface area contributed by atoms with Gasteiger partial charge in [0.25, 0.3) is 5.91 Å². The Kier molecular flexibility index (Phi) is 3.10. The van der Waals surface area contributed by atoms with Gasteiger partial charge in [-0.1, -0.05) is 0 Å². The van der Waals surface area contributed by atoms with Crippen molar-refractivity contribution in [3.05, 3.63) is 18.0 Å². The number of carbonyl (C=O) groups excluding carboxylic acids is 1. The smallest absolute Gasteiger partial charge is 0.332 e. The maximum Gasteiger partial charge on any atom is 0.332 e. The van der Waals surface area contributed by atoms with Crippen molar-refractivity contribution in [2.75, 3.05) is 0 Å². The van der Waals surface area contributed by atoms with Gasteiger partial charge < -0.3 is 15.6 Å². The third kappa shape index (κ3) is 2.62. The normalized spacial score (nSPS) is 23.8. The van der Waals surface area contributed by atoms with Crippen LogP contribution in [0.3, 0.4) is 0 Å². The summed E-state index contributed by atoms with van der Waals surface area (Å²) >= 11 is 0. The first kappa shape index (κ1) is 11.6. The molecule has 2 atom stereocenters. The topological polar surface area (TPSA) is 107 Å². The molecule has 0 saturated carbocycles. The van der Waals surface area contributed by atoms with E-state index < -0.39 is 18.0 Å². The van der Waals surface area contributed by atoms with E-state index in [4.69, 9.17) is 15.6 Å². The molecule has 0 spiro atoms. The van der Waals surface area contributed by atoms with Crippen LogP contribution in [0.25, 0.3) is 0 Å². The van der Waals surface area contributed by atoms with E-state index in [0.29, 0.717) is 19.4 Å². The number of amides is 1. The van der Waals surface area contributed by atoms with Crippen LogP contribution >= 0.6 is 0 Å². The predicted octanol–water partition coefficient (Wildman–Crippen LogP) is -0.386. The average molecular weight is 239 g/mol. The first-order chi connectivity index (χ1) is 8.06. The average Bonchev–Trinajstić information content (AvgIpc) is 2.87. The highest BCUT2D eigenvalue weighted by Crippen LogP contribution is 2.21. The van der Waals surface area contributed by atoms with E-state index in [1.165, 1.54) is 10.7 Å². The standard InChI is InChI=1S/C10H13N3O4/c11-9(14)7-3-4-13(12-7)5-6-1-2-8(17-6)10(15)16/h3-4,6,8H,1-2,5H2,(H2,11,14)(H,15,16). The fourth-order valence-electron chi connectivity index (χ4n) is 1.83. The molecule has 7 heteroatoms. The van der Waals surface area contributed by atoms with Gasteiger partial charge in [0.1, 0.15) is 5.69 Å². The van der Waals surface area contributed by atoms with Gasteiger partial charge in [-0.2, -0.15) is 5.10 Å². The molecule has 0 bridgehead atoms. The third-order valence-electron chi connectivity index (χ3n) is 2.67. The zero-order chi connectivity index (χ0) is 12.4. The van der Waals surface area contributed by atoms with Crippen molar-refractivity contribution >= 4 is 11.9 Å². The molecule has 0 aromatic carbocycles. The van der Waals surface area contributed by atoms with Crippen LogP contribution in [0.5, 0.6) is 0 Å². The number of hydrogen-bond donors (Lipinski definition) is 2. The van der Waals surface area contributed by atoms with Gasteiger partial charge in [0.15, 0.2) is 6.10 Å². The van der Waals surface area contributed by atoms with Crippen LogP contribution in [0, 0.1) is 0 Å².